The molecule has 0 spiro atoms. The number of aliphatic hydroxyl groups is 1. The van der Waals surface area contributed by atoms with Crippen LogP contribution >= 0.6 is 24.0 Å². The molecule has 0 atom stereocenters. The lowest BCUT2D eigenvalue weighted by Gasteiger charge is -2.33. The highest BCUT2D eigenvalue weighted by atomic mass is 127. The van der Waals surface area contributed by atoms with Crippen molar-refractivity contribution in [2.75, 3.05) is 26.2 Å². The Morgan fingerprint density at radius 3 is 2.35 bits per heavy atom. The molecule has 1 saturated heterocycles. The molecule has 0 unspecified atom stereocenters. The zero-order valence-electron chi connectivity index (χ0n) is 18.6. The van der Waals surface area contributed by atoms with Crippen molar-refractivity contribution in [1.82, 2.24) is 15.5 Å². The van der Waals surface area contributed by atoms with E-state index in [9.17, 15) is 18.3 Å². The molecule has 0 aromatic heterocycles. The second-order valence-electron chi connectivity index (χ2n) is 8.02. The van der Waals surface area contributed by atoms with Gasteiger partial charge in [0.05, 0.1) is 17.7 Å². The van der Waals surface area contributed by atoms with Crippen LogP contribution in [0.5, 0.6) is 0 Å². The Bertz CT molecular complexity index is 688. The summed E-state index contributed by atoms with van der Waals surface area (Å²) in [4.78, 5) is 6.75. The summed E-state index contributed by atoms with van der Waals surface area (Å²) < 4.78 is 38.7. The number of hydrogen-bond donors (Lipinski definition) is 3. The maximum absolute atomic E-state index is 12.9. The van der Waals surface area contributed by atoms with Gasteiger partial charge in [0.2, 0.25) is 0 Å². The fourth-order valence-corrected chi connectivity index (χ4v) is 3.55. The molecule has 1 fully saturated rings. The van der Waals surface area contributed by atoms with Gasteiger partial charge in [-0.05, 0) is 44.2 Å². The Labute approximate surface area is 200 Å². The first-order valence-electron chi connectivity index (χ1n) is 10.8. The van der Waals surface area contributed by atoms with Gasteiger partial charge < -0.3 is 15.7 Å². The van der Waals surface area contributed by atoms with Gasteiger partial charge in [-0.3, -0.25) is 9.89 Å². The molecular formula is C22H36F3IN4O. The number of rotatable bonds is 8. The molecule has 31 heavy (non-hydrogen) atoms. The number of guanidine groups is 1. The molecule has 9 heteroatoms. The van der Waals surface area contributed by atoms with E-state index in [1.54, 1.807) is 6.07 Å². The first-order chi connectivity index (χ1) is 14.2. The number of piperidine rings is 1. The molecule has 0 radical (unpaired) electrons. The minimum atomic E-state index is -4.31. The average Bonchev–Trinajstić information content (AvgIpc) is 2.73. The molecule has 1 aromatic carbocycles. The van der Waals surface area contributed by atoms with Crippen molar-refractivity contribution in [2.24, 2.45) is 4.99 Å². The predicted molar refractivity (Wildman–Crippen MR) is 130 cm³/mol. The van der Waals surface area contributed by atoms with Gasteiger partial charge in [-0.2, -0.15) is 13.2 Å². The van der Waals surface area contributed by atoms with Crippen molar-refractivity contribution < 1.29 is 18.3 Å². The molecular weight excluding hydrogens is 520 g/mol. The maximum Gasteiger partial charge on any atom is 0.416 e. The van der Waals surface area contributed by atoms with Crippen LogP contribution in [-0.2, 0) is 12.7 Å². The SMILES string of the molecule is CCNC(=NCC(O)(CC)CC)NC1CCN(Cc2cccc(C(F)(F)F)c2)CC1.I. The Balaban J connectivity index is 0.00000480. The van der Waals surface area contributed by atoms with Crippen molar-refractivity contribution in [2.45, 2.75) is 70.8 Å². The highest BCUT2D eigenvalue weighted by molar-refractivity contribution is 14.0. The number of likely N-dealkylation sites (tertiary alicyclic amines) is 1. The van der Waals surface area contributed by atoms with Crippen molar-refractivity contribution in [1.29, 1.82) is 0 Å². The fourth-order valence-electron chi connectivity index (χ4n) is 3.55. The van der Waals surface area contributed by atoms with E-state index in [4.69, 9.17) is 0 Å². The fraction of sp³-hybridized carbons (Fsp3) is 0.682. The van der Waals surface area contributed by atoms with E-state index in [0.29, 0.717) is 37.5 Å². The number of nitrogens with one attached hydrogen (secondary N) is 2. The van der Waals surface area contributed by atoms with E-state index < -0.39 is 17.3 Å². The Morgan fingerprint density at radius 1 is 1.16 bits per heavy atom. The smallest absolute Gasteiger partial charge is 0.388 e. The van der Waals surface area contributed by atoms with Crippen LogP contribution in [0.15, 0.2) is 29.3 Å². The summed E-state index contributed by atoms with van der Waals surface area (Å²) in [5.41, 5.74) is -0.692. The van der Waals surface area contributed by atoms with Crippen LogP contribution < -0.4 is 10.6 Å². The number of alkyl halides is 3. The molecule has 3 N–H and O–H groups in total. The molecule has 0 saturated carbocycles. The molecule has 0 amide bonds. The number of nitrogens with zero attached hydrogens (tertiary/aromatic N) is 2. The Hall–Kier alpha value is -1.07. The second-order valence-corrected chi connectivity index (χ2v) is 8.02. The van der Waals surface area contributed by atoms with Crippen LogP contribution in [0.2, 0.25) is 0 Å². The summed E-state index contributed by atoms with van der Waals surface area (Å²) >= 11 is 0. The van der Waals surface area contributed by atoms with Gasteiger partial charge in [0, 0.05) is 32.2 Å². The molecule has 1 aromatic rings. The number of aliphatic imine (C=N–C) groups is 1. The summed E-state index contributed by atoms with van der Waals surface area (Å²) in [6.07, 6.45) is -1.23. The summed E-state index contributed by atoms with van der Waals surface area (Å²) in [7, 11) is 0. The van der Waals surface area contributed by atoms with E-state index in [1.165, 1.54) is 12.1 Å². The largest absolute Gasteiger partial charge is 0.416 e. The van der Waals surface area contributed by atoms with Gasteiger partial charge in [-0.25, -0.2) is 0 Å². The van der Waals surface area contributed by atoms with Crippen LogP contribution in [0.1, 0.15) is 57.6 Å². The zero-order chi connectivity index (χ0) is 22.2. The molecule has 0 bridgehead atoms. The van der Waals surface area contributed by atoms with Gasteiger partial charge >= 0.3 is 6.18 Å². The van der Waals surface area contributed by atoms with Crippen molar-refractivity contribution in [3.63, 3.8) is 0 Å². The van der Waals surface area contributed by atoms with Gasteiger partial charge in [0.1, 0.15) is 0 Å². The lowest BCUT2D eigenvalue weighted by Crippen LogP contribution is -2.49. The third-order valence-corrected chi connectivity index (χ3v) is 5.78. The van der Waals surface area contributed by atoms with Crippen LogP contribution in [0, 0.1) is 0 Å². The van der Waals surface area contributed by atoms with Crippen LogP contribution in [0.4, 0.5) is 13.2 Å². The standard InChI is InChI=1S/C22H35F3N4O.HI/c1-4-21(30,5-2)16-27-20(26-6-3)28-19-10-12-29(13-11-19)15-17-8-7-9-18(14-17)22(23,24)25;/h7-9,14,19,30H,4-6,10-13,15-16H2,1-3H3,(H2,26,27,28);1H. The molecule has 1 aliphatic heterocycles. The van der Waals surface area contributed by atoms with Gasteiger partial charge in [-0.1, -0.05) is 32.0 Å². The van der Waals surface area contributed by atoms with E-state index in [0.717, 1.165) is 38.5 Å². The van der Waals surface area contributed by atoms with Gasteiger partial charge in [0.25, 0.3) is 0 Å². The van der Waals surface area contributed by atoms with Crippen molar-refractivity contribution in [3.8, 4) is 0 Å². The monoisotopic (exact) mass is 556 g/mol. The molecule has 0 aliphatic carbocycles. The number of halogens is 4. The number of hydrogen-bond acceptors (Lipinski definition) is 3. The van der Waals surface area contributed by atoms with Crippen LogP contribution in [0.25, 0.3) is 0 Å². The topological polar surface area (TPSA) is 59.9 Å². The third kappa shape index (κ3) is 9.13. The molecule has 5 nitrogen and oxygen atoms in total. The quantitative estimate of drug-likeness (QED) is 0.253. The van der Waals surface area contributed by atoms with E-state index in [1.807, 2.05) is 20.8 Å². The summed E-state index contributed by atoms with van der Waals surface area (Å²) in [5, 5.41) is 17.1. The first-order valence-corrected chi connectivity index (χ1v) is 10.8. The molecule has 1 aliphatic rings. The third-order valence-electron chi connectivity index (χ3n) is 5.78. The summed E-state index contributed by atoms with van der Waals surface area (Å²) in [6, 6.07) is 5.82. The minimum Gasteiger partial charge on any atom is -0.388 e. The molecule has 2 rings (SSSR count). The minimum absolute atomic E-state index is 0. The Morgan fingerprint density at radius 2 is 1.81 bits per heavy atom. The lowest BCUT2D eigenvalue weighted by atomic mass is 9.98. The lowest BCUT2D eigenvalue weighted by molar-refractivity contribution is -0.137. The van der Waals surface area contributed by atoms with Crippen molar-refractivity contribution >= 4 is 29.9 Å². The number of benzene rings is 1. The highest BCUT2D eigenvalue weighted by Crippen LogP contribution is 2.30. The summed E-state index contributed by atoms with van der Waals surface area (Å²) in [6.45, 7) is 9.13. The normalized spacial score (nSPS) is 16.7. The van der Waals surface area contributed by atoms with E-state index in [-0.39, 0.29) is 30.0 Å². The average molecular weight is 556 g/mol. The van der Waals surface area contributed by atoms with Crippen LogP contribution in [0.3, 0.4) is 0 Å². The zero-order valence-corrected chi connectivity index (χ0v) is 21.0. The van der Waals surface area contributed by atoms with E-state index in [2.05, 4.69) is 20.5 Å². The van der Waals surface area contributed by atoms with E-state index >= 15 is 0 Å². The maximum atomic E-state index is 12.9. The second kappa shape index (κ2) is 12.8. The molecule has 1 heterocycles. The first kappa shape index (κ1) is 28.0. The van der Waals surface area contributed by atoms with Crippen LogP contribution in [-0.4, -0.2) is 53.8 Å². The highest BCUT2D eigenvalue weighted by Gasteiger charge is 2.30. The predicted octanol–water partition coefficient (Wildman–Crippen LogP) is 4.39. The molecule has 178 valence electrons. The summed E-state index contributed by atoms with van der Waals surface area (Å²) in [5.74, 6) is 0.703. The Kier molecular flexibility index (Phi) is 11.6. The van der Waals surface area contributed by atoms with Crippen molar-refractivity contribution in [3.05, 3.63) is 35.4 Å². The van der Waals surface area contributed by atoms with Gasteiger partial charge in [0.15, 0.2) is 5.96 Å². The van der Waals surface area contributed by atoms with Gasteiger partial charge in [-0.15, -0.1) is 24.0 Å².